The zero-order chi connectivity index (χ0) is 22.9. The number of benzene rings is 3. The SMILES string of the molecule is Cc1cccc(C(=O)Oc2ccc(C=NNC(=O)COc3ccc(C(C)C)cc3)cc2)c1. The van der Waals surface area contributed by atoms with Crippen LogP contribution in [0.1, 0.15) is 46.8 Å². The molecule has 1 amide bonds. The highest BCUT2D eigenvalue weighted by molar-refractivity contribution is 5.91. The molecule has 0 spiro atoms. The lowest BCUT2D eigenvalue weighted by Crippen LogP contribution is -2.24. The van der Waals surface area contributed by atoms with E-state index in [0.29, 0.717) is 23.0 Å². The minimum atomic E-state index is -0.416. The Hall–Kier alpha value is -3.93. The van der Waals surface area contributed by atoms with Crippen LogP contribution in [0, 0.1) is 6.92 Å². The van der Waals surface area contributed by atoms with Crippen LogP contribution in [0.2, 0.25) is 0 Å². The van der Waals surface area contributed by atoms with Crippen LogP contribution in [0.25, 0.3) is 0 Å². The number of aryl methyl sites for hydroxylation is 1. The van der Waals surface area contributed by atoms with Crippen molar-refractivity contribution >= 4 is 18.1 Å². The fraction of sp³-hybridized carbons (Fsp3) is 0.192. The maximum Gasteiger partial charge on any atom is 0.343 e. The van der Waals surface area contributed by atoms with Crippen molar-refractivity contribution in [2.24, 2.45) is 5.10 Å². The molecule has 3 rings (SSSR count). The molecule has 0 saturated heterocycles. The Labute approximate surface area is 187 Å². The predicted molar refractivity (Wildman–Crippen MR) is 124 cm³/mol. The van der Waals surface area contributed by atoms with E-state index in [-0.39, 0.29) is 12.5 Å². The van der Waals surface area contributed by atoms with Gasteiger partial charge in [0.15, 0.2) is 6.61 Å². The molecule has 164 valence electrons. The molecule has 0 heterocycles. The molecule has 0 unspecified atom stereocenters. The first-order valence-corrected chi connectivity index (χ1v) is 10.3. The second kappa shape index (κ2) is 10.9. The van der Waals surface area contributed by atoms with Crippen LogP contribution >= 0.6 is 0 Å². The van der Waals surface area contributed by atoms with Crippen LogP contribution in [0.15, 0.2) is 77.9 Å². The van der Waals surface area contributed by atoms with Gasteiger partial charge in [-0.15, -0.1) is 0 Å². The van der Waals surface area contributed by atoms with E-state index in [1.54, 1.807) is 36.4 Å². The number of ether oxygens (including phenoxy) is 2. The Morgan fingerprint density at radius 2 is 1.66 bits per heavy atom. The summed E-state index contributed by atoms with van der Waals surface area (Å²) in [6.07, 6.45) is 1.50. The number of carbonyl (C=O) groups excluding carboxylic acids is 2. The van der Waals surface area contributed by atoms with Gasteiger partial charge in [0.1, 0.15) is 11.5 Å². The van der Waals surface area contributed by atoms with E-state index in [0.717, 1.165) is 11.1 Å². The Morgan fingerprint density at radius 1 is 0.969 bits per heavy atom. The summed E-state index contributed by atoms with van der Waals surface area (Å²) in [5.74, 6) is 0.717. The molecular weight excluding hydrogens is 404 g/mol. The summed E-state index contributed by atoms with van der Waals surface area (Å²) in [5.41, 5.74) is 5.86. The third-order valence-corrected chi connectivity index (χ3v) is 4.66. The molecule has 3 aromatic rings. The number of hydrogen-bond donors (Lipinski definition) is 1. The van der Waals surface area contributed by atoms with Crippen molar-refractivity contribution in [3.05, 3.63) is 95.1 Å². The number of carbonyl (C=O) groups is 2. The second-order valence-electron chi connectivity index (χ2n) is 7.63. The average molecular weight is 431 g/mol. The first kappa shape index (κ1) is 22.7. The zero-order valence-corrected chi connectivity index (χ0v) is 18.4. The highest BCUT2D eigenvalue weighted by Gasteiger charge is 2.08. The van der Waals surface area contributed by atoms with Crippen LogP contribution in [0.3, 0.4) is 0 Å². The van der Waals surface area contributed by atoms with E-state index in [9.17, 15) is 9.59 Å². The molecule has 32 heavy (non-hydrogen) atoms. The first-order chi connectivity index (χ1) is 15.4. The maximum atomic E-state index is 12.2. The lowest BCUT2D eigenvalue weighted by Gasteiger charge is -2.08. The highest BCUT2D eigenvalue weighted by atomic mass is 16.5. The molecule has 0 aliphatic carbocycles. The van der Waals surface area contributed by atoms with Crippen molar-refractivity contribution in [3.8, 4) is 11.5 Å². The summed E-state index contributed by atoms with van der Waals surface area (Å²) in [6.45, 7) is 6.02. The van der Waals surface area contributed by atoms with Gasteiger partial charge in [-0.3, -0.25) is 4.79 Å². The number of hydrazone groups is 1. The quantitative estimate of drug-likeness (QED) is 0.239. The van der Waals surface area contributed by atoms with Gasteiger partial charge < -0.3 is 9.47 Å². The Balaban J connectivity index is 1.45. The highest BCUT2D eigenvalue weighted by Crippen LogP contribution is 2.18. The van der Waals surface area contributed by atoms with Crippen molar-refractivity contribution in [2.45, 2.75) is 26.7 Å². The Kier molecular flexibility index (Phi) is 7.75. The molecule has 0 bridgehead atoms. The van der Waals surface area contributed by atoms with Crippen molar-refractivity contribution in [3.63, 3.8) is 0 Å². The smallest absolute Gasteiger partial charge is 0.343 e. The van der Waals surface area contributed by atoms with Gasteiger partial charge in [0.2, 0.25) is 0 Å². The van der Waals surface area contributed by atoms with E-state index >= 15 is 0 Å². The van der Waals surface area contributed by atoms with Gasteiger partial charge in [-0.05, 0) is 72.5 Å². The summed E-state index contributed by atoms with van der Waals surface area (Å²) >= 11 is 0. The molecule has 0 aliphatic rings. The second-order valence-corrected chi connectivity index (χ2v) is 7.63. The molecule has 0 aliphatic heterocycles. The Bertz CT molecular complexity index is 1090. The van der Waals surface area contributed by atoms with Gasteiger partial charge in [0, 0.05) is 0 Å². The van der Waals surface area contributed by atoms with Gasteiger partial charge in [0.05, 0.1) is 11.8 Å². The molecule has 6 heteroatoms. The molecular formula is C26H26N2O4. The van der Waals surface area contributed by atoms with E-state index in [4.69, 9.17) is 9.47 Å². The summed E-state index contributed by atoms with van der Waals surface area (Å²) in [6, 6.07) is 21.7. The predicted octanol–water partition coefficient (Wildman–Crippen LogP) is 4.87. The lowest BCUT2D eigenvalue weighted by molar-refractivity contribution is -0.123. The first-order valence-electron chi connectivity index (χ1n) is 10.3. The van der Waals surface area contributed by atoms with Gasteiger partial charge >= 0.3 is 5.97 Å². The van der Waals surface area contributed by atoms with Crippen molar-refractivity contribution in [1.82, 2.24) is 5.43 Å². The zero-order valence-electron chi connectivity index (χ0n) is 18.4. The fourth-order valence-electron chi connectivity index (χ4n) is 2.87. The van der Waals surface area contributed by atoms with E-state index in [2.05, 4.69) is 24.4 Å². The van der Waals surface area contributed by atoms with Crippen LogP contribution in [0.4, 0.5) is 0 Å². The van der Waals surface area contributed by atoms with Crippen LogP contribution in [0.5, 0.6) is 11.5 Å². The fourth-order valence-corrected chi connectivity index (χ4v) is 2.87. The summed E-state index contributed by atoms with van der Waals surface area (Å²) in [5, 5.41) is 3.93. The number of hydrogen-bond acceptors (Lipinski definition) is 5. The molecule has 0 aromatic heterocycles. The van der Waals surface area contributed by atoms with Gasteiger partial charge in [0.25, 0.3) is 5.91 Å². The largest absolute Gasteiger partial charge is 0.484 e. The molecule has 0 fully saturated rings. The van der Waals surface area contributed by atoms with Gasteiger partial charge in [-0.25, -0.2) is 10.2 Å². The number of nitrogens with zero attached hydrogens (tertiary/aromatic N) is 1. The molecule has 3 aromatic carbocycles. The third-order valence-electron chi connectivity index (χ3n) is 4.66. The van der Waals surface area contributed by atoms with E-state index < -0.39 is 5.97 Å². The number of nitrogens with one attached hydrogen (secondary N) is 1. The third kappa shape index (κ3) is 6.80. The minimum Gasteiger partial charge on any atom is -0.484 e. The average Bonchev–Trinajstić information content (AvgIpc) is 2.79. The lowest BCUT2D eigenvalue weighted by atomic mass is 10.0. The topological polar surface area (TPSA) is 77.0 Å². The van der Waals surface area contributed by atoms with Gasteiger partial charge in [-0.1, -0.05) is 43.7 Å². The van der Waals surface area contributed by atoms with E-state index in [1.165, 1.54) is 11.8 Å². The van der Waals surface area contributed by atoms with Crippen LogP contribution in [-0.4, -0.2) is 24.7 Å². The molecule has 0 saturated carbocycles. The van der Waals surface area contributed by atoms with Crippen molar-refractivity contribution in [2.75, 3.05) is 6.61 Å². The summed E-state index contributed by atoms with van der Waals surface area (Å²) < 4.78 is 10.8. The number of esters is 1. The van der Waals surface area contributed by atoms with Crippen LogP contribution in [-0.2, 0) is 4.79 Å². The molecule has 1 N–H and O–H groups in total. The minimum absolute atomic E-state index is 0.133. The van der Waals surface area contributed by atoms with Gasteiger partial charge in [-0.2, -0.15) is 5.10 Å². The van der Waals surface area contributed by atoms with Crippen molar-refractivity contribution < 1.29 is 19.1 Å². The van der Waals surface area contributed by atoms with E-state index in [1.807, 2.05) is 43.3 Å². The molecule has 0 atom stereocenters. The van der Waals surface area contributed by atoms with Crippen LogP contribution < -0.4 is 14.9 Å². The summed E-state index contributed by atoms with van der Waals surface area (Å²) in [4.78, 5) is 24.1. The Morgan fingerprint density at radius 3 is 2.31 bits per heavy atom. The molecule has 0 radical (unpaired) electrons. The standard InChI is InChI=1S/C26H26N2O4/c1-18(2)21-9-13-23(14-10-21)31-17-25(29)28-27-16-20-7-11-24(12-8-20)32-26(30)22-6-4-5-19(3)15-22/h4-16,18H,17H2,1-3H3,(H,28,29). The maximum absolute atomic E-state index is 12.2. The monoisotopic (exact) mass is 430 g/mol. The number of amides is 1. The molecule has 6 nitrogen and oxygen atoms in total. The van der Waals surface area contributed by atoms with Crippen molar-refractivity contribution in [1.29, 1.82) is 0 Å². The number of rotatable bonds is 8. The summed E-state index contributed by atoms with van der Waals surface area (Å²) in [7, 11) is 0. The normalized spacial score (nSPS) is 10.9.